The molecule has 122 valence electrons. The van der Waals surface area contributed by atoms with E-state index in [1.54, 1.807) is 12.1 Å². The minimum Gasteiger partial charge on any atom is -0.497 e. The summed E-state index contributed by atoms with van der Waals surface area (Å²) in [7, 11) is 2.80. The van der Waals surface area contributed by atoms with Crippen molar-refractivity contribution in [3.05, 3.63) is 23.8 Å². The maximum atomic E-state index is 11.7. The molecule has 0 saturated heterocycles. The molecule has 6 nitrogen and oxygen atoms in total. The predicted octanol–water partition coefficient (Wildman–Crippen LogP) is 2.02. The number of ether oxygens (including phenoxy) is 3. The fourth-order valence-electron chi connectivity index (χ4n) is 1.72. The summed E-state index contributed by atoms with van der Waals surface area (Å²) < 4.78 is 15.2. The van der Waals surface area contributed by atoms with E-state index in [2.05, 4.69) is 23.9 Å². The topological polar surface area (TPSA) is 73.9 Å². The van der Waals surface area contributed by atoms with Crippen molar-refractivity contribution in [2.75, 3.05) is 27.4 Å². The molecule has 0 aliphatic heterocycles. The van der Waals surface area contributed by atoms with Crippen LogP contribution in [0.5, 0.6) is 11.5 Å². The predicted molar refractivity (Wildman–Crippen MR) is 82.3 cm³/mol. The molecule has 1 rings (SSSR count). The van der Waals surface area contributed by atoms with Gasteiger partial charge in [0.2, 0.25) is 0 Å². The third-order valence-electron chi connectivity index (χ3n) is 3.00. The highest BCUT2D eigenvalue weighted by Gasteiger charge is 2.15. The SMILES string of the molecule is COC(=O)c1ccc(OC)cc1OCC(=O)NCCC(C)C. The van der Waals surface area contributed by atoms with Crippen molar-refractivity contribution < 1.29 is 23.8 Å². The van der Waals surface area contributed by atoms with Crippen LogP contribution in [0.25, 0.3) is 0 Å². The van der Waals surface area contributed by atoms with Gasteiger partial charge in [-0.1, -0.05) is 13.8 Å². The number of carbonyl (C=O) groups is 2. The van der Waals surface area contributed by atoms with E-state index >= 15 is 0 Å². The molecule has 1 amide bonds. The zero-order valence-corrected chi connectivity index (χ0v) is 13.5. The van der Waals surface area contributed by atoms with Crippen LogP contribution in [-0.2, 0) is 9.53 Å². The Bertz CT molecular complexity index is 513. The van der Waals surface area contributed by atoms with Crippen molar-refractivity contribution in [3.63, 3.8) is 0 Å². The fourth-order valence-corrected chi connectivity index (χ4v) is 1.72. The lowest BCUT2D eigenvalue weighted by Gasteiger charge is -2.12. The quantitative estimate of drug-likeness (QED) is 0.744. The molecule has 0 atom stereocenters. The van der Waals surface area contributed by atoms with Crippen LogP contribution in [0.2, 0.25) is 0 Å². The maximum Gasteiger partial charge on any atom is 0.341 e. The van der Waals surface area contributed by atoms with Crippen molar-refractivity contribution in [2.45, 2.75) is 20.3 Å². The molecule has 0 bridgehead atoms. The lowest BCUT2D eigenvalue weighted by atomic mass is 10.1. The number of carbonyl (C=O) groups excluding carboxylic acids is 2. The van der Waals surface area contributed by atoms with E-state index in [4.69, 9.17) is 9.47 Å². The van der Waals surface area contributed by atoms with Gasteiger partial charge in [0, 0.05) is 12.6 Å². The van der Waals surface area contributed by atoms with Crippen molar-refractivity contribution in [1.82, 2.24) is 5.32 Å². The Balaban J connectivity index is 2.66. The Labute approximate surface area is 130 Å². The van der Waals surface area contributed by atoms with Crippen LogP contribution in [0.1, 0.15) is 30.6 Å². The number of nitrogens with one attached hydrogen (secondary N) is 1. The first kappa shape index (κ1) is 17.8. The van der Waals surface area contributed by atoms with E-state index in [1.807, 2.05) is 0 Å². The zero-order chi connectivity index (χ0) is 16.5. The highest BCUT2D eigenvalue weighted by atomic mass is 16.5. The Kier molecular flexibility index (Phi) is 7.22. The smallest absolute Gasteiger partial charge is 0.341 e. The molecule has 1 aromatic carbocycles. The van der Waals surface area contributed by atoms with Crippen molar-refractivity contribution in [3.8, 4) is 11.5 Å². The van der Waals surface area contributed by atoms with Crippen LogP contribution in [0.3, 0.4) is 0 Å². The summed E-state index contributed by atoms with van der Waals surface area (Å²) >= 11 is 0. The zero-order valence-electron chi connectivity index (χ0n) is 13.5. The number of benzene rings is 1. The van der Waals surface area contributed by atoms with E-state index in [-0.39, 0.29) is 23.8 Å². The molecule has 1 N–H and O–H groups in total. The molecule has 0 radical (unpaired) electrons. The van der Waals surface area contributed by atoms with Gasteiger partial charge in [-0.25, -0.2) is 4.79 Å². The van der Waals surface area contributed by atoms with Gasteiger partial charge in [-0.3, -0.25) is 4.79 Å². The van der Waals surface area contributed by atoms with Gasteiger partial charge in [-0.05, 0) is 24.5 Å². The van der Waals surface area contributed by atoms with Crippen LogP contribution in [0.4, 0.5) is 0 Å². The van der Waals surface area contributed by atoms with Gasteiger partial charge in [0.05, 0.1) is 14.2 Å². The van der Waals surface area contributed by atoms with Crippen molar-refractivity contribution in [1.29, 1.82) is 0 Å². The van der Waals surface area contributed by atoms with Gasteiger partial charge in [0.15, 0.2) is 6.61 Å². The van der Waals surface area contributed by atoms with Crippen LogP contribution < -0.4 is 14.8 Å². The first-order chi connectivity index (χ1) is 10.5. The first-order valence-electron chi connectivity index (χ1n) is 7.13. The van der Waals surface area contributed by atoms with E-state index < -0.39 is 5.97 Å². The molecule has 0 aliphatic carbocycles. The lowest BCUT2D eigenvalue weighted by molar-refractivity contribution is -0.123. The molecule has 6 heteroatoms. The van der Waals surface area contributed by atoms with E-state index in [0.717, 1.165) is 6.42 Å². The van der Waals surface area contributed by atoms with Crippen LogP contribution >= 0.6 is 0 Å². The van der Waals surface area contributed by atoms with E-state index in [9.17, 15) is 9.59 Å². The highest BCUT2D eigenvalue weighted by Crippen LogP contribution is 2.25. The summed E-state index contributed by atoms with van der Waals surface area (Å²) in [5.41, 5.74) is 0.248. The van der Waals surface area contributed by atoms with Gasteiger partial charge in [0.25, 0.3) is 5.91 Å². The molecule has 0 heterocycles. The normalized spacial score (nSPS) is 10.2. The standard InChI is InChI=1S/C16H23NO5/c1-11(2)7-8-17-15(18)10-22-14-9-12(20-3)5-6-13(14)16(19)21-4/h5-6,9,11H,7-8,10H2,1-4H3,(H,17,18). The second-order valence-electron chi connectivity index (χ2n) is 5.17. The summed E-state index contributed by atoms with van der Waals surface area (Å²) in [5.74, 6) is 0.538. The summed E-state index contributed by atoms with van der Waals surface area (Å²) in [4.78, 5) is 23.4. The third-order valence-corrected chi connectivity index (χ3v) is 3.00. The fraction of sp³-hybridized carbons (Fsp3) is 0.500. The lowest BCUT2D eigenvalue weighted by Crippen LogP contribution is -2.30. The van der Waals surface area contributed by atoms with Gasteiger partial charge in [0.1, 0.15) is 17.1 Å². The number of methoxy groups -OCH3 is 2. The molecule has 22 heavy (non-hydrogen) atoms. The minimum absolute atomic E-state index is 0.171. The monoisotopic (exact) mass is 309 g/mol. The van der Waals surface area contributed by atoms with Crippen molar-refractivity contribution >= 4 is 11.9 Å². The van der Waals surface area contributed by atoms with E-state index in [1.165, 1.54) is 20.3 Å². The Morgan fingerprint density at radius 1 is 1.23 bits per heavy atom. The molecule has 0 spiro atoms. The van der Waals surface area contributed by atoms with Gasteiger partial charge in [-0.15, -0.1) is 0 Å². The summed E-state index contributed by atoms with van der Waals surface area (Å²) in [6.45, 7) is 4.60. The molecular formula is C16H23NO5. The number of esters is 1. The Morgan fingerprint density at radius 3 is 2.55 bits per heavy atom. The number of hydrogen-bond donors (Lipinski definition) is 1. The summed E-state index contributed by atoms with van der Waals surface area (Å²) in [6.07, 6.45) is 0.901. The number of rotatable bonds is 8. The molecule has 1 aromatic rings. The molecule has 0 aromatic heterocycles. The van der Waals surface area contributed by atoms with Gasteiger partial charge in [-0.2, -0.15) is 0 Å². The van der Waals surface area contributed by atoms with Crippen molar-refractivity contribution in [2.24, 2.45) is 5.92 Å². The molecule has 0 aliphatic rings. The van der Waals surface area contributed by atoms with Crippen LogP contribution in [-0.4, -0.2) is 39.2 Å². The second kappa shape index (κ2) is 8.92. The minimum atomic E-state index is -0.530. The van der Waals surface area contributed by atoms with E-state index in [0.29, 0.717) is 18.2 Å². The van der Waals surface area contributed by atoms with Crippen LogP contribution in [0, 0.1) is 5.92 Å². The Hall–Kier alpha value is -2.24. The third kappa shape index (κ3) is 5.63. The average molecular weight is 309 g/mol. The molecule has 0 fully saturated rings. The Morgan fingerprint density at radius 2 is 1.95 bits per heavy atom. The second-order valence-corrected chi connectivity index (χ2v) is 5.17. The number of amides is 1. The highest BCUT2D eigenvalue weighted by molar-refractivity contribution is 5.92. The van der Waals surface area contributed by atoms with Gasteiger partial charge >= 0.3 is 5.97 Å². The van der Waals surface area contributed by atoms with Crippen LogP contribution in [0.15, 0.2) is 18.2 Å². The maximum absolute atomic E-state index is 11.7. The summed E-state index contributed by atoms with van der Waals surface area (Å²) in [6, 6.07) is 4.71. The molecular weight excluding hydrogens is 286 g/mol. The molecule has 0 saturated carbocycles. The first-order valence-corrected chi connectivity index (χ1v) is 7.13. The average Bonchev–Trinajstić information content (AvgIpc) is 2.51. The summed E-state index contributed by atoms with van der Waals surface area (Å²) in [5, 5.41) is 2.76. The molecule has 0 unspecified atom stereocenters. The number of hydrogen-bond acceptors (Lipinski definition) is 5. The largest absolute Gasteiger partial charge is 0.497 e. The van der Waals surface area contributed by atoms with Gasteiger partial charge < -0.3 is 19.5 Å².